The quantitative estimate of drug-likeness (QED) is 0.290. The summed E-state index contributed by atoms with van der Waals surface area (Å²) in [5.74, 6) is 2.71. The van der Waals surface area contributed by atoms with Crippen LogP contribution in [0.25, 0.3) is 0 Å². The highest BCUT2D eigenvalue weighted by Gasteiger charge is 2.69. The van der Waals surface area contributed by atoms with E-state index in [0.717, 1.165) is 56.0 Å². The normalized spacial score (nSPS) is 47.8. The lowest BCUT2D eigenvalue weighted by Gasteiger charge is -2.71. The van der Waals surface area contributed by atoms with Crippen molar-refractivity contribution in [2.45, 2.75) is 112 Å². The zero-order valence-corrected chi connectivity index (χ0v) is 29.0. The number of likely N-dealkylation sites (N-methyl/N-ethyl adjacent to an activating group) is 1. The van der Waals surface area contributed by atoms with E-state index < -0.39 is 0 Å². The molecule has 5 aliphatic rings. The van der Waals surface area contributed by atoms with Gasteiger partial charge in [0.25, 0.3) is 0 Å². The van der Waals surface area contributed by atoms with Crippen molar-refractivity contribution in [2.75, 3.05) is 34.3 Å². The molecular formula is C35H60BrNO3. The van der Waals surface area contributed by atoms with Gasteiger partial charge in [0, 0.05) is 0 Å². The van der Waals surface area contributed by atoms with Crippen LogP contribution in [0, 0.1) is 56.7 Å². The third kappa shape index (κ3) is 4.52. The van der Waals surface area contributed by atoms with E-state index in [2.05, 4.69) is 75.7 Å². The van der Waals surface area contributed by atoms with Crippen LogP contribution in [0.5, 0.6) is 0 Å². The van der Waals surface area contributed by atoms with Crippen LogP contribution in [-0.2, 0) is 9.53 Å². The predicted octanol–water partition coefficient (Wildman–Crippen LogP) is 4.26. The number of fused-ring (bicyclic) bond motifs is 7. The molecule has 0 aliphatic heterocycles. The Morgan fingerprint density at radius 2 is 1.62 bits per heavy atom. The number of esters is 1. The van der Waals surface area contributed by atoms with Crippen LogP contribution >= 0.6 is 0 Å². The minimum atomic E-state index is -0.358. The Morgan fingerprint density at radius 1 is 0.950 bits per heavy atom. The van der Waals surface area contributed by atoms with E-state index in [0.29, 0.717) is 36.2 Å². The summed E-state index contributed by atoms with van der Waals surface area (Å²) < 4.78 is 6.97. The number of allylic oxidation sites excluding steroid dienone is 2. The van der Waals surface area contributed by atoms with Crippen molar-refractivity contribution in [2.24, 2.45) is 56.7 Å². The third-order valence-corrected chi connectivity index (χ3v) is 14.4. The number of nitrogens with zero attached hydrogens (tertiary/aromatic N) is 1. The molecule has 230 valence electrons. The standard InChI is InChI=1S/C35H60NO3.BrH/c1-23-13-18-35(30(38)39-22-21-36(8,9)10)20-19-33(6)25(29(35)24(23)2)11-12-27-32(5)16-15-28(37)31(3,4)26(32)14-17-34(27,33)7;/h11,23-24,26-29,37H,12-22H2,1-10H3;1H/q+1;/p-1/t23-,24+,26+,27-,28+,29+,32+,33-,34-,35+;/m1./s1. The van der Waals surface area contributed by atoms with E-state index in [9.17, 15) is 9.90 Å². The maximum atomic E-state index is 14.1. The zero-order valence-electron chi connectivity index (χ0n) is 27.4. The van der Waals surface area contributed by atoms with Gasteiger partial charge in [0.1, 0.15) is 13.2 Å². The molecule has 40 heavy (non-hydrogen) atoms. The van der Waals surface area contributed by atoms with E-state index in [4.69, 9.17) is 4.74 Å². The Hall–Kier alpha value is -0.390. The first-order valence-corrected chi connectivity index (χ1v) is 16.3. The molecule has 0 radical (unpaired) electrons. The fraction of sp³-hybridized carbons (Fsp3) is 0.914. The monoisotopic (exact) mass is 621 g/mol. The molecule has 0 aromatic carbocycles. The van der Waals surface area contributed by atoms with Gasteiger partial charge in [0.2, 0.25) is 0 Å². The van der Waals surface area contributed by atoms with Gasteiger partial charge in [-0.15, -0.1) is 0 Å². The minimum absolute atomic E-state index is 0. The average Bonchev–Trinajstić information content (AvgIpc) is 2.83. The SMILES string of the molecule is C[C@H]1[C@H](C)CC[C@]2(C(=O)OCC[N+](C)(C)C)CC[C@]3(C)C(=CC[C@@H]4[C@@]5(C)CC[C@H](O)C(C)(C)[C@@H]5CC[C@]43C)[C@H]12.[Br-]. The Bertz CT molecular complexity index is 1020. The lowest BCUT2D eigenvalue weighted by molar-refractivity contribution is -0.870. The Balaban J connectivity index is 0.00000370. The van der Waals surface area contributed by atoms with Crippen molar-refractivity contribution in [3.8, 4) is 0 Å². The summed E-state index contributed by atoms with van der Waals surface area (Å²) in [6.07, 6.45) is 12.3. The molecule has 0 heterocycles. The molecule has 0 amide bonds. The van der Waals surface area contributed by atoms with E-state index >= 15 is 0 Å². The van der Waals surface area contributed by atoms with Crippen molar-refractivity contribution < 1.29 is 36.1 Å². The van der Waals surface area contributed by atoms with Gasteiger partial charge in [-0.3, -0.25) is 4.79 Å². The second-order valence-corrected chi connectivity index (χ2v) is 17.3. The van der Waals surface area contributed by atoms with Gasteiger partial charge in [-0.05, 0) is 109 Å². The molecule has 0 bridgehead atoms. The summed E-state index contributed by atoms with van der Waals surface area (Å²) in [6.45, 7) is 18.7. The fourth-order valence-electron chi connectivity index (χ4n) is 11.4. The highest BCUT2D eigenvalue weighted by molar-refractivity contribution is 5.79. The van der Waals surface area contributed by atoms with Crippen molar-refractivity contribution in [1.82, 2.24) is 0 Å². The predicted molar refractivity (Wildman–Crippen MR) is 159 cm³/mol. The van der Waals surface area contributed by atoms with Crippen LogP contribution in [0.15, 0.2) is 11.6 Å². The van der Waals surface area contributed by atoms with E-state index in [1.54, 1.807) is 5.57 Å². The van der Waals surface area contributed by atoms with Crippen LogP contribution in [0.3, 0.4) is 0 Å². The van der Waals surface area contributed by atoms with Gasteiger partial charge >= 0.3 is 5.97 Å². The third-order valence-electron chi connectivity index (χ3n) is 14.4. The molecule has 4 nitrogen and oxygen atoms in total. The van der Waals surface area contributed by atoms with Crippen LogP contribution in [-0.4, -0.2) is 56.0 Å². The summed E-state index contributed by atoms with van der Waals surface area (Å²) in [4.78, 5) is 14.1. The summed E-state index contributed by atoms with van der Waals surface area (Å²) in [6, 6.07) is 0. The zero-order chi connectivity index (χ0) is 28.8. The molecule has 5 rings (SSSR count). The fourth-order valence-corrected chi connectivity index (χ4v) is 11.4. The molecule has 0 aromatic rings. The van der Waals surface area contributed by atoms with Crippen molar-refractivity contribution in [3.63, 3.8) is 0 Å². The van der Waals surface area contributed by atoms with Gasteiger partial charge in [-0.25, -0.2) is 0 Å². The van der Waals surface area contributed by atoms with Gasteiger partial charge < -0.3 is 31.3 Å². The number of halogens is 1. The summed E-state index contributed by atoms with van der Waals surface area (Å²) in [5.41, 5.74) is 1.83. The molecule has 10 atom stereocenters. The summed E-state index contributed by atoms with van der Waals surface area (Å²) in [7, 11) is 6.50. The maximum Gasteiger partial charge on any atom is 0.312 e. The Labute approximate surface area is 256 Å². The maximum absolute atomic E-state index is 14.1. The first-order chi connectivity index (χ1) is 17.9. The first-order valence-electron chi connectivity index (χ1n) is 16.3. The molecule has 1 N–H and O–H groups in total. The van der Waals surface area contributed by atoms with Crippen molar-refractivity contribution >= 4 is 5.97 Å². The molecule has 4 saturated carbocycles. The van der Waals surface area contributed by atoms with Gasteiger partial charge in [0.05, 0.1) is 32.7 Å². The number of quaternary nitrogens is 1. The smallest absolute Gasteiger partial charge is 0.312 e. The number of hydrogen-bond donors (Lipinski definition) is 1. The molecule has 0 unspecified atom stereocenters. The molecule has 5 heteroatoms. The number of hydrogen-bond acceptors (Lipinski definition) is 3. The van der Waals surface area contributed by atoms with E-state index in [1.165, 1.54) is 12.8 Å². The highest BCUT2D eigenvalue weighted by atomic mass is 79.9. The van der Waals surface area contributed by atoms with Crippen LogP contribution in [0.2, 0.25) is 0 Å². The number of aliphatic hydroxyl groups excluding tert-OH is 1. The molecular weight excluding hydrogens is 562 g/mol. The Morgan fingerprint density at radius 3 is 2.27 bits per heavy atom. The highest BCUT2D eigenvalue weighted by Crippen LogP contribution is 2.75. The van der Waals surface area contributed by atoms with E-state index in [1.807, 2.05) is 0 Å². The number of carbonyl (C=O) groups is 1. The lowest BCUT2D eigenvalue weighted by atomic mass is 9.33. The number of ether oxygens (including phenoxy) is 1. The Kier molecular flexibility index (Phi) is 8.42. The van der Waals surface area contributed by atoms with Crippen LogP contribution in [0.1, 0.15) is 106 Å². The number of rotatable bonds is 4. The van der Waals surface area contributed by atoms with Crippen LogP contribution in [0.4, 0.5) is 0 Å². The summed E-state index contributed by atoms with van der Waals surface area (Å²) in [5, 5.41) is 11.0. The number of aliphatic hydroxyl groups is 1. The van der Waals surface area contributed by atoms with Gasteiger partial charge in [-0.2, -0.15) is 0 Å². The molecule has 0 spiro atoms. The van der Waals surface area contributed by atoms with Crippen LogP contribution < -0.4 is 17.0 Å². The van der Waals surface area contributed by atoms with Crippen molar-refractivity contribution in [3.05, 3.63) is 11.6 Å². The second-order valence-electron chi connectivity index (χ2n) is 17.3. The number of carbonyl (C=O) groups excluding carboxylic acids is 1. The van der Waals surface area contributed by atoms with E-state index in [-0.39, 0.29) is 56.1 Å². The molecule has 0 saturated heterocycles. The topological polar surface area (TPSA) is 46.5 Å². The lowest BCUT2D eigenvalue weighted by Crippen LogP contribution is -3.00. The molecule has 5 aliphatic carbocycles. The first kappa shape index (κ1) is 32.5. The average molecular weight is 623 g/mol. The second kappa shape index (κ2) is 10.4. The largest absolute Gasteiger partial charge is 1.00 e. The molecule has 0 aromatic heterocycles. The summed E-state index contributed by atoms with van der Waals surface area (Å²) >= 11 is 0. The van der Waals surface area contributed by atoms with Crippen molar-refractivity contribution in [1.29, 1.82) is 0 Å². The minimum Gasteiger partial charge on any atom is -1.00 e. The molecule has 4 fully saturated rings. The van der Waals surface area contributed by atoms with Gasteiger partial charge in [0.15, 0.2) is 0 Å². The van der Waals surface area contributed by atoms with Gasteiger partial charge in [-0.1, -0.05) is 60.1 Å².